The molecule has 0 amide bonds. The van der Waals surface area contributed by atoms with Crippen LogP contribution < -0.4 is 0 Å². The molecule has 0 spiro atoms. The summed E-state index contributed by atoms with van der Waals surface area (Å²) in [4.78, 5) is 26.0. The fourth-order valence-corrected chi connectivity index (χ4v) is 8.77. The number of carbonyl (C=O) groups excluding carboxylic acids is 2. The Bertz CT molecular complexity index is 718. The molecule has 2 saturated heterocycles. The van der Waals surface area contributed by atoms with Crippen molar-refractivity contribution in [2.45, 2.75) is 96.9 Å². The van der Waals surface area contributed by atoms with Gasteiger partial charge in [-0.1, -0.05) is 6.92 Å². The first-order chi connectivity index (χ1) is 14.7. The van der Waals surface area contributed by atoms with E-state index in [1.54, 1.807) is 0 Å². The van der Waals surface area contributed by atoms with Gasteiger partial charge in [0.25, 0.3) is 0 Å². The fraction of sp³-hybridized carbons (Fsp3) is 0.917. The maximum absolute atomic E-state index is 13.0. The van der Waals surface area contributed by atoms with Gasteiger partial charge in [0.1, 0.15) is 0 Å². The van der Waals surface area contributed by atoms with E-state index in [0.717, 1.165) is 56.6 Å². The van der Waals surface area contributed by atoms with Crippen molar-refractivity contribution in [2.75, 3.05) is 13.2 Å². The quantitative estimate of drug-likeness (QED) is 0.320. The summed E-state index contributed by atoms with van der Waals surface area (Å²) < 4.78 is 12.2. The molecule has 0 radical (unpaired) electrons. The summed E-state index contributed by atoms with van der Waals surface area (Å²) in [5, 5.41) is 1.82. The number of thiol groups is 1. The van der Waals surface area contributed by atoms with Crippen LogP contribution in [0.5, 0.6) is 0 Å². The predicted molar refractivity (Wildman–Crippen MR) is 130 cm³/mol. The number of carbonyl (C=O) groups is 2. The molecule has 7 heteroatoms. The summed E-state index contributed by atoms with van der Waals surface area (Å²) in [6.45, 7) is 5.56. The molecule has 4 nitrogen and oxygen atoms in total. The second-order valence-corrected chi connectivity index (χ2v) is 15.5. The Hall–Kier alpha value is -0.0100. The van der Waals surface area contributed by atoms with Gasteiger partial charge in [0, 0.05) is 25.2 Å². The van der Waals surface area contributed by atoms with Gasteiger partial charge in [0.05, 0.1) is 25.0 Å². The van der Waals surface area contributed by atoms with Crippen LogP contribution in [0.15, 0.2) is 0 Å². The van der Waals surface area contributed by atoms with Gasteiger partial charge >= 0.3 is 11.9 Å². The molecule has 2 heterocycles. The number of ether oxygens (including phenoxy) is 2. The molecule has 0 aromatic carbocycles. The van der Waals surface area contributed by atoms with Crippen LogP contribution >= 0.6 is 36.2 Å². The van der Waals surface area contributed by atoms with Crippen molar-refractivity contribution in [3.63, 3.8) is 0 Å². The maximum Gasteiger partial charge on any atom is 0.309 e. The van der Waals surface area contributed by atoms with Crippen LogP contribution in [-0.2, 0) is 19.1 Å². The molecular formula is C24H36O4S3. The lowest BCUT2D eigenvalue weighted by molar-refractivity contribution is -0.164. The minimum atomic E-state index is -0.323. The molecule has 5 rings (SSSR count). The van der Waals surface area contributed by atoms with Crippen molar-refractivity contribution in [3.8, 4) is 0 Å². The summed E-state index contributed by atoms with van der Waals surface area (Å²) in [7, 11) is 0. The Morgan fingerprint density at radius 1 is 0.871 bits per heavy atom. The third-order valence-electron chi connectivity index (χ3n) is 8.49. The minimum Gasteiger partial charge on any atom is -0.465 e. The molecule has 0 N–H and O–H groups in total. The molecule has 5 aliphatic rings. The summed E-state index contributed by atoms with van der Waals surface area (Å²) in [6.07, 6.45) is 9.34. The molecule has 0 aromatic rings. The van der Waals surface area contributed by atoms with Gasteiger partial charge in [-0.2, -0.15) is 24.4 Å². The van der Waals surface area contributed by atoms with Crippen LogP contribution in [0.3, 0.4) is 0 Å². The highest BCUT2D eigenvalue weighted by Gasteiger charge is 2.55. The van der Waals surface area contributed by atoms with E-state index in [1.807, 2.05) is 11.8 Å². The first kappa shape index (κ1) is 22.8. The molecule has 174 valence electrons. The maximum atomic E-state index is 13.0. The van der Waals surface area contributed by atoms with Gasteiger partial charge in [0.15, 0.2) is 0 Å². The summed E-state index contributed by atoms with van der Waals surface area (Å²) >= 11 is 8.70. The van der Waals surface area contributed by atoms with Crippen molar-refractivity contribution in [2.24, 2.45) is 23.7 Å². The Balaban J connectivity index is 1.11. The van der Waals surface area contributed by atoms with Gasteiger partial charge in [-0.05, 0) is 76.5 Å². The number of rotatable bonds is 6. The zero-order valence-corrected chi connectivity index (χ0v) is 21.2. The molecule has 3 aliphatic carbocycles. The molecule has 0 bridgehead atoms. The van der Waals surface area contributed by atoms with Crippen molar-refractivity contribution in [3.05, 3.63) is 0 Å². The molecule has 3 saturated carbocycles. The predicted octanol–water partition coefficient (Wildman–Crippen LogP) is 5.14. The van der Waals surface area contributed by atoms with Crippen molar-refractivity contribution in [1.29, 1.82) is 0 Å². The standard InChI is InChI=1S/C24H36O4S3/c1-23(29)6-3-14(4-7-23)12-27-21(25)16-10-18-19(30-18)11-17(16)22(26)28-13-15-5-8-24(2)20(9-15)31-24/h14-20,29H,3-13H2,1-2H3. The van der Waals surface area contributed by atoms with E-state index >= 15 is 0 Å². The molecule has 31 heavy (non-hydrogen) atoms. The van der Waals surface area contributed by atoms with Crippen molar-refractivity contribution < 1.29 is 19.1 Å². The Morgan fingerprint density at radius 3 is 2.00 bits per heavy atom. The van der Waals surface area contributed by atoms with Gasteiger partial charge < -0.3 is 9.47 Å². The second kappa shape index (κ2) is 8.65. The third kappa shape index (κ3) is 5.24. The highest BCUT2D eigenvalue weighted by atomic mass is 32.2. The van der Waals surface area contributed by atoms with E-state index in [4.69, 9.17) is 22.1 Å². The zero-order chi connectivity index (χ0) is 21.8. The van der Waals surface area contributed by atoms with E-state index in [1.165, 1.54) is 6.42 Å². The van der Waals surface area contributed by atoms with Crippen molar-refractivity contribution in [1.82, 2.24) is 0 Å². The van der Waals surface area contributed by atoms with Crippen LogP contribution in [-0.4, -0.2) is 50.4 Å². The molecule has 5 fully saturated rings. The molecule has 2 aliphatic heterocycles. The van der Waals surface area contributed by atoms with E-state index in [-0.39, 0.29) is 28.5 Å². The Kier molecular flexibility index (Phi) is 6.35. The zero-order valence-electron chi connectivity index (χ0n) is 18.7. The van der Waals surface area contributed by atoms with E-state index in [9.17, 15) is 9.59 Å². The van der Waals surface area contributed by atoms with Gasteiger partial charge in [0.2, 0.25) is 0 Å². The molecule has 0 aromatic heterocycles. The monoisotopic (exact) mass is 484 g/mol. The van der Waals surface area contributed by atoms with Gasteiger partial charge in [-0.25, -0.2) is 0 Å². The lowest BCUT2D eigenvalue weighted by Gasteiger charge is -2.34. The second-order valence-electron chi connectivity index (χ2n) is 11.2. The van der Waals surface area contributed by atoms with Crippen LogP contribution in [0.1, 0.15) is 71.6 Å². The number of hydrogen-bond acceptors (Lipinski definition) is 7. The van der Waals surface area contributed by atoms with Crippen LogP contribution in [0.2, 0.25) is 0 Å². The summed E-state index contributed by atoms with van der Waals surface area (Å²) in [6, 6.07) is 0. The number of esters is 2. The highest BCUT2D eigenvalue weighted by Crippen LogP contribution is 2.62. The fourth-order valence-electron chi connectivity index (χ4n) is 5.90. The van der Waals surface area contributed by atoms with E-state index < -0.39 is 0 Å². The average Bonchev–Trinajstić information content (AvgIpc) is 3.64. The summed E-state index contributed by atoms with van der Waals surface area (Å²) in [5.41, 5.74) is 0. The Morgan fingerprint density at radius 2 is 1.42 bits per heavy atom. The number of thioether (sulfide) groups is 2. The lowest BCUT2D eigenvalue weighted by Crippen LogP contribution is -2.39. The van der Waals surface area contributed by atoms with E-state index in [0.29, 0.717) is 40.3 Å². The topological polar surface area (TPSA) is 52.6 Å². The van der Waals surface area contributed by atoms with Gasteiger partial charge in [-0.3, -0.25) is 9.59 Å². The normalized spacial score (nSPS) is 48.2. The van der Waals surface area contributed by atoms with Crippen LogP contribution in [0.25, 0.3) is 0 Å². The SMILES string of the molecule is CC1(S)CCC(COC(=O)C2CC3SC3CC2C(=O)OCC2CCC3(C)SC3C2)CC1. The third-order valence-corrected chi connectivity index (χ3v) is 12.1. The lowest BCUT2D eigenvalue weighted by atomic mass is 9.79. The Labute approximate surface area is 200 Å². The number of fused-ring (bicyclic) bond motifs is 2. The largest absolute Gasteiger partial charge is 0.465 e. The summed E-state index contributed by atoms with van der Waals surface area (Å²) in [5.74, 6) is -0.0596. The smallest absolute Gasteiger partial charge is 0.309 e. The molecule has 7 atom stereocenters. The highest BCUT2D eigenvalue weighted by molar-refractivity contribution is 8.08. The van der Waals surface area contributed by atoms with Gasteiger partial charge in [-0.15, -0.1) is 11.8 Å². The first-order valence-electron chi connectivity index (χ1n) is 12.1. The number of hydrogen-bond donors (Lipinski definition) is 1. The average molecular weight is 485 g/mol. The molecule has 7 unspecified atom stereocenters. The van der Waals surface area contributed by atoms with Crippen LogP contribution in [0.4, 0.5) is 0 Å². The van der Waals surface area contributed by atoms with Crippen LogP contribution in [0, 0.1) is 23.7 Å². The minimum absolute atomic E-state index is 0.117. The van der Waals surface area contributed by atoms with Crippen molar-refractivity contribution >= 4 is 48.1 Å². The van der Waals surface area contributed by atoms with E-state index in [2.05, 4.69) is 25.6 Å². The molecular weight excluding hydrogens is 448 g/mol. The first-order valence-corrected chi connectivity index (χ1v) is 14.4.